The van der Waals surface area contributed by atoms with Crippen LogP contribution in [-0.2, 0) is 11.2 Å². The van der Waals surface area contributed by atoms with Gasteiger partial charge in [0, 0.05) is 23.3 Å². The van der Waals surface area contributed by atoms with E-state index in [9.17, 15) is 4.79 Å². The minimum atomic E-state index is -0.0359. The van der Waals surface area contributed by atoms with Crippen molar-refractivity contribution in [3.8, 4) is 0 Å². The summed E-state index contributed by atoms with van der Waals surface area (Å²) in [5.74, 6) is -0.0359. The monoisotopic (exact) mass is 318 g/mol. The highest BCUT2D eigenvalue weighted by molar-refractivity contribution is 7.80. The van der Waals surface area contributed by atoms with Gasteiger partial charge in [-0.3, -0.25) is 4.79 Å². The molecule has 2 N–H and O–H groups in total. The Kier molecular flexibility index (Phi) is 4.94. The van der Waals surface area contributed by atoms with E-state index in [2.05, 4.69) is 0 Å². The summed E-state index contributed by atoms with van der Waals surface area (Å²) < 4.78 is 0. The Morgan fingerprint density at radius 1 is 1.19 bits per heavy atom. The summed E-state index contributed by atoms with van der Waals surface area (Å²) in [6, 6.07) is 14.6. The smallest absolute Gasteiger partial charge is 0.231 e. The summed E-state index contributed by atoms with van der Waals surface area (Å²) in [6.07, 6.45) is 0.257. The first-order valence-corrected chi connectivity index (χ1v) is 7.17. The number of likely N-dealkylation sites (N-methyl/N-ethyl adjacent to an activating group) is 1. The molecule has 5 heteroatoms. The molecule has 1 amide bonds. The van der Waals surface area contributed by atoms with Gasteiger partial charge >= 0.3 is 0 Å². The van der Waals surface area contributed by atoms with Gasteiger partial charge in [-0.2, -0.15) is 0 Å². The molecule has 0 unspecified atom stereocenters. The molecule has 2 rings (SSSR count). The van der Waals surface area contributed by atoms with E-state index in [-0.39, 0.29) is 12.3 Å². The highest BCUT2D eigenvalue weighted by Crippen LogP contribution is 2.19. The van der Waals surface area contributed by atoms with Crippen molar-refractivity contribution in [2.24, 2.45) is 5.73 Å². The third-order valence-electron chi connectivity index (χ3n) is 3.21. The average molecular weight is 319 g/mol. The maximum atomic E-state index is 12.3. The molecule has 2 aromatic rings. The minimum absolute atomic E-state index is 0.0359. The highest BCUT2D eigenvalue weighted by atomic mass is 35.5. The molecule has 0 radical (unpaired) electrons. The van der Waals surface area contributed by atoms with Crippen LogP contribution in [0, 0.1) is 0 Å². The quantitative estimate of drug-likeness (QED) is 0.881. The van der Waals surface area contributed by atoms with Crippen molar-refractivity contribution in [2.75, 3.05) is 11.9 Å². The van der Waals surface area contributed by atoms with Crippen LogP contribution in [0.3, 0.4) is 0 Å². The van der Waals surface area contributed by atoms with Gasteiger partial charge in [-0.25, -0.2) is 0 Å². The van der Waals surface area contributed by atoms with E-state index in [0.29, 0.717) is 10.0 Å². The van der Waals surface area contributed by atoms with Crippen LogP contribution in [0.1, 0.15) is 11.1 Å². The van der Waals surface area contributed by atoms with Crippen molar-refractivity contribution in [3.05, 3.63) is 64.7 Å². The van der Waals surface area contributed by atoms with Crippen LogP contribution in [-0.4, -0.2) is 17.9 Å². The minimum Gasteiger partial charge on any atom is -0.389 e. The summed E-state index contributed by atoms with van der Waals surface area (Å²) in [5, 5.41) is 0.600. The number of rotatable bonds is 4. The molecule has 3 nitrogen and oxygen atoms in total. The molecule has 0 saturated heterocycles. The molecule has 0 spiro atoms. The first kappa shape index (κ1) is 15.5. The van der Waals surface area contributed by atoms with Crippen LogP contribution in [0.25, 0.3) is 0 Å². The van der Waals surface area contributed by atoms with Crippen LogP contribution in [0.2, 0.25) is 5.02 Å². The van der Waals surface area contributed by atoms with Crippen LogP contribution < -0.4 is 10.6 Å². The highest BCUT2D eigenvalue weighted by Gasteiger charge is 2.13. The lowest BCUT2D eigenvalue weighted by Gasteiger charge is -2.18. The molecule has 0 fully saturated rings. The molecule has 0 atom stereocenters. The van der Waals surface area contributed by atoms with Gasteiger partial charge in [-0.15, -0.1) is 0 Å². The summed E-state index contributed by atoms with van der Waals surface area (Å²) in [6.45, 7) is 0. The molecule has 0 heterocycles. The Bertz CT molecular complexity index is 670. The van der Waals surface area contributed by atoms with Crippen LogP contribution in [0.5, 0.6) is 0 Å². The number of anilines is 1. The number of benzene rings is 2. The normalized spacial score (nSPS) is 10.2. The van der Waals surface area contributed by atoms with Crippen molar-refractivity contribution in [2.45, 2.75) is 6.42 Å². The predicted molar refractivity (Wildman–Crippen MR) is 90.9 cm³/mol. The van der Waals surface area contributed by atoms with Crippen LogP contribution in [0.15, 0.2) is 48.5 Å². The van der Waals surface area contributed by atoms with E-state index in [0.717, 1.165) is 16.8 Å². The average Bonchev–Trinajstić information content (AvgIpc) is 2.49. The van der Waals surface area contributed by atoms with Gasteiger partial charge in [-0.1, -0.05) is 42.0 Å². The van der Waals surface area contributed by atoms with E-state index < -0.39 is 0 Å². The Labute approximate surface area is 134 Å². The van der Waals surface area contributed by atoms with Crippen molar-refractivity contribution in [1.82, 2.24) is 0 Å². The maximum Gasteiger partial charge on any atom is 0.231 e. The fourth-order valence-corrected chi connectivity index (χ4v) is 2.26. The van der Waals surface area contributed by atoms with Gasteiger partial charge < -0.3 is 10.6 Å². The van der Waals surface area contributed by atoms with E-state index >= 15 is 0 Å². The van der Waals surface area contributed by atoms with Gasteiger partial charge in [0.1, 0.15) is 4.99 Å². The fraction of sp³-hybridized carbons (Fsp3) is 0.125. The van der Waals surface area contributed by atoms with Crippen molar-refractivity contribution >= 4 is 40.4 Å². The molecule has 2 aromatic carbocycles. The molecule has 0 aliphatic heterocycles. The zero-order valence-corrected chi connectivity index (χ0v) is 13.1. The molecule has 108 valence electrons. The second-order valence-corrected chi connectivity index (χ2v) is 5.48. The van der Waals surface area contributed by atoms with E-state index in [1.807, 2.05) is 30.3 Å². The number of carbonyl (C=O) groups excluding carboxylic acids is 1. The van der Waals surface area contributed by atoms with Gasteiger partial charge in [0.2, 0.25) is 5.91 Å². The lowest BCUT2D eigenvalue weighted by atomic mass is 10.1. The lowest BCUT2D eigenvalue weighted by molar-refractivity contribution is -0.117. The molecule has 0 saturated carbocycles. The molecule has 0 aromatic heterocycles. The first-order valence-electron chi connectivity index (χ1n) is 6.39. The Morgan fingerprint density at radius 2 is 1.81 bits per heavy atom. The van der Waals surface area contributed by atoms with Crippen LogP contribution >= 0.6 is 23.8 Å². The molecule has 0 bridgehead atoms. The van der Waals surface area contributed by atoms with Gasteiger partial charge in [-0.05, 0) is 35.9 Å². The number of nitrogens with two attached hydrogens (primary N) is 1. The third kappa shape index (κ3) is 3.80. The lowest BCUT2D eigenvalue weighted by Crippen LogP contribution is -2.28. The first-order chi connectivity index (χ1) is 9.99. The Balaban J connectivity index is 2.12. The summed E-state index contributed by atoms with van der Waals surface area (Å²) in [7, 11) is 1.73. The maximum absolute atomic E-state index is 12.3. The number of hydrogen-bond donors (Lipinski definition) is 1. The van der Waals surface area contributed by atoms with Gasteiger partial charge in [0.15, 0.2) is 0 Å². The number of halogens is 1. The third-order valence-corrected chi connectivity index (χ3v) is 3.82. The van der Waals surface area contributed by atoms with Crippen molar-refractivity contribution in [3.63, 3.8) is 0 Å². The molecule has 21 heavy (non-hydrogen) atoms. The van der Waals surface area contributed by atoms with Crippen molar-refractivity contribution in [1.29, 1.82) is 0 Å². The van der Waals surface area contributed by atoms with E-state index in [4.69, 9.17) is 29.6 Å². The molecular formula is C16H15ClN2OS. The molecule has 0 aliphatic carbocycles. The van der Waals surface area contributed by atoms with E-state index in [1.54, 1.807) is 30.1 Å². The Morgan fingerprint density at radius 3 is 2.38 bits per heavy atom. The topological polar surface area (TPSA) is 46.3 Å². The largest absolute Gasteiger partial charge is 0.389 e. The van der Waals surface area contributed by atoms with Gasteiger partial charge in [0.25, 0.3) is 0 Å². The summed E-state index contributed by atoms with van der Waals surface area (Å²) in [5.41, 5.74) is 7.93. The van der Waals surface area contributed by atoms with E-state index in [1.165, 1.54) is 0 Å². The molecular weight excluding hydrogens is 304 g/mol. The fourth-order valence-electron chi connectivity index (χ4n) is 1.92. The molecule has 0 aliphatic rings. The van der Waals surface area contributed by atoms with Crippen LogP contribution in [0.4, 0.5) is 5.69 Å². The number of hydrogen-bond acceptors (Lipinski definition) is 2. The SMILES string of the molecule is CN(C(=O)Cc1ccccc1Cl)c1ccc(C(N)=S)cc1. The summed E-state index contributed by atoms with van der Waals surface area (Å²) >= 11 is 11.0. The Hall–Kier alpha value is -1.91. The number of carbonyl (C=O) groups is 1. The number of thiocarbonyl (C=S) groups is 1. The summed E-state index contributed by atoms with van der Waals surface area (Å²) in [4.78, 5) is 14.2. The second kappa shape index (κ2) is 6.70. The predicted octanol–water partition coefficient (Wildman–Crippen LogP) is 3.18. The zero-order valence-electron chi connectivity index (χ0n) is 11.5. The second-order valence-electron chi connectivity index (χ2n) is 4.63. The van der Waals surface area contributed by atoms with Gasteiger partial charge in [0.05, 0.1) is 6.42 Å². The number of nitrogens with zero attached hydrogens (tertiary/aromatic N) is 1. The number of amides is 1. The standard InChI is InChI=1S/C16H15ClN2OS/c1-19(13-8-6-11(7-9-13)16(18)21)15(20)10-12-4-2-3-5-14(12)17/h2-9H,10H2,1H3,(H2,18,21). The zero-order chi connectivity index (χ0) is 15.4. The van der Waals surface area contributed by atoms with Crippen molar-refractivity contribution < 1.29 is 4.79 Å².